The molecular formula is C33H34N4O4. The van der Waals surface area contributed by atoms with Crippen molar-refractivity contribution >= 4 is 34.1 Å². The largest absolute Gasteiger partial charge is 0.486 e. The summed E-state index contributed by atoms with van der Waals surface area (Å²) in [5.41, 5.74) is 5.06. The molecule has 0 atom stereocenters. The van der Waals surface area contributed by atoms with Crippen LogP contribution in [0.25, 0.3) is 10.9 Å². The maximum atomic E-state index is 13.2. The van der Waals surface area contributed by atoms with Crippen LogP contribution in [0.5, 0.6) is 11.5 Å². The average Bonchev–Trinajstić information content (AvgIpc) is 3.52. The summed E-state index contributed by atoms with van der Waals surface area (Å²) in [7, 11) is 0. The number of nitrogens with zero attached hydrogens (tertiary/aromatic N) is 2. The number of hydrogen-bond donors (Lipinski definition) is 2. The van der Waals surface area contributed by atoms with Crippen LogP contribution in [-0.2, 0) is 6.42 Å². The zero-order chi connectivity index (χ0) is 28.2. The minimum Gasteiger partial charge on any atom is -0.486 e. The first-order valence-electron chi connectivity index (χ1n) is 14.3. The standard InChI is InChI=1S/C33H34N4O4/c1-22-6-10-27(35-32(38)25-9-13-30-31(20-25)41-18-17-40-30)21-29(22)36-33(39)24-8-12-28-23(19-24)7-11-26(34-28)5-4-16-37-14-2-3-15-37/h6-13,19-21H,2-5,14-18H2,1H3,(H,35,38)(H,36,39). The molecular weight excluding hydrogens is 516 g/mol. The van der Waals surface area contributed by atoms with Crippen molar-refractivity contribution in [2.75, 3.05) is 43.5 Å². The first-order valence-corrected chi connectivity index (χ1v) is 14.3. The highest BCUT2D eigenvalue weighted by Crippen LogP contribution is 2.31. The van der Waals surface area contributed by atoms with Crippen LogP contribution in [0.15, 0.2) is 66.7 Å². The Balaban J connectivity index is 1.10. The van der Waals surface area contributed by atoms with Gasteiger partial charge >= 0.3 is 0 Å². The minimum absolute atomic E-state index is 0.222. The summed E-state index contributed by atoms with van der Waals surface area (Å²) in [5.74, 6) is 0.687. The van der Waals surface area contributed by atoms with E-state index in [-0.39, 0.29) is 11.8 Å². The van der Waals surface area contributed by atoms with E-state index in [1.807, 2.05) is 43.3 Å². The molecule has 8 nitrogen and oxygen atoms in total. The number of anilines is 2. The molecule has 2 aliphatic heterocycles. The fourth-order valence-corrected chi connectivity index (χ4v) is 5.36. The molecule has 1 aromatic heterocycles. The van der Waals surface area contributed by atoms with Gasteiger partial charge in [0.05, 0.1) is 5.52 Å². The Bertz CT molecular complexity index is 1600. The Labute approximate surface area is 239 Å². The van der Waals surface area contributed by atoms with Gasteiger partial charge in [0.2, 0.25) is 0 Å². The Hall–Kier alpha value is -4.43. The van der Waals surface area contributed by atoms with Crippen LogP contribution in [0, 0.1) is 6.92 Å². The number of carbonyl (C=O) groups excluding carboxylic acids is 2. The quantitative estimate of drug-likeness (QED) is 0.286. The van der Waals surface area contributed by atoms with Gasteiger partial charge in [-0.05, 0) is 112 Å². The molecule has 3 aromatic carbocycles. The minimum atomic E-state index is -0.277. The number of aryl methyl sites for hydroxylation is 2. The Morgan fingerprint density at radius 1 is 0.829 bits per heavy atom. The summed E-state index contributed by atoms with van der Waals surface area (Å²) in [6.07, 6.45) is 4.69. The van der Waals surface area contributed by atoms with E-state index in [0.29, 0.717) is 47.2 Å². The summed E-state index contributed by atoms with van der Waals surface area (Å²) in [6, 6.07) is 20.2. The van der Waals surface area contributed by atoms with Crippen molar-refractivity contribution < 1.29 is 19.1 Å². The number of carbonyl (C=O) groups is 2. The SMILES string of the molecule is Cc1ccc(NC(=O)c2ccc3c(c2)OCCO3)cc1NC(=O)c1ccc2nc(CCCN3CCCC3)ccc2c1. The second-order valence-electron chi connectivity index (χ2n) is 10.7. The van der Waals surface area contributed by atoms with Crippen molar-refractivity contribution in [1.82, 2.24) is 9.88 Å². The number of pyridine rings is 1. The van der Waals surface area contributed by atoms with Gasteiger partial charge in [-0.15, -0.1) is 0 Å². The smallest absolute Gasteiger partial charge is 0.255 e. The lowest BCUT2D eigenvalue weighted by molar-refractivity contribution is 0.101. The second kappa shape index (κ2) is 12.0. The Kier molecular flexibility index (Phi) is 7.82. The van der Waals surface area contributed by atoms with Crippen molar-refractivity contribution in [3.63, 3.8) is 0 Å². The van der Waals surface area contributed by atoms with Crippen LogP contribution in [0.4, 0.5) is 11.4 Å². The van der Waals surface area contributed by atoms with Gasteiger partial charge in [0.1, 0.15) is 13.2 Å². The van der Waals surface area contributed by atoms with Crippen LogP contribution in [0.2, 0.25) is 0 Å². The predicted octanol–water partition coefficient (Wildman–Crippen LogP) is 5.85. The van der Waals surface area contributed by atoms with E-state index in [2.05, 4.69) is 21.6 Å². The molecule has 2 N–H and O–H groups in total. The highest BCUT2D eigenvalue weighted by molar-refractivity contribution is 6.08. The molecule has 8 heteroatoms. The van der Waals surface area contributed by atoms with Crippen LogP contribution >= 0.6 is 0 Å². The summed E-state index contributed by atoms with van der Waals surface area (Å²) in [5, 5.41) is 6.84. The molecule has 4 aromatic rings. The molecule has 0 aliphatic carbocycles. The van der Waals surface area contributed by atoms with E-state index in [0.717, 1.165) is 41.5 Å². The highest BCUT2D eigenvalue weighted by atomic mass is 16.6. The van der Waals surface area contributed by atoms with Crippen LogP contribution in [-0.4, -0.2) is 54.5 Å². The van der Waals surface area contributed by atoms with Gasteiger partial charge in [-0.1, -0.05) is 12.1 Å². The third kappa shape index (κ3) is 6.33. The van der Waals surface area contributed by atoms with Gasteiger partial charge in [-0.3, -0.25) is 14.6 Å². The summed E-state index contributed by atoms with van der Waals surface area (Å²) in [6.45, 7) is 6.42. The summed E-state index contributed by atoms with van der Waals surface area (Å²) >= 11 is 0. The van der Waals surface area contributed by atoms with Crippen molar-refractivity contribution in [1.29, 1.82) is 0 Å². The number of aromatic nitrogens is 1. The molecule has 6 rings (SSSR count). The Morgan fingerprint density at radius 3 is 2.44 bits per heavy atom. The zero-order valence-electron chi connectivity index (χ0n) is 23.2. The van der Waals surface area contributed by atoms with Crippen LogP contribution in [0.3, 0.4) is 0 Å². The van der Waals surface area contributed by atoms with E-state index in [1.165, 1.54) is 25.9 Å². The fourth-order valence-electron chi connectivity index (χ4n) is 5.36. The molecule has 1 fully saturated rings. The first kappa shape index (κ1) is 26.8. The van der Waals surface area contributed by atoms with Crippen LogP contribution < -0.4 is 20.1 Å². The molecule has 1 saturated heterocycles. The molecule has 0 unspecified atom stereocenters. The van der Waals surface area contributed by atoms with E-state index < -0.39 is 0 Å². The number of fused-ring (bicyclic) bond motifs is 2. The number of nitrogens with one attached hydrogen (secondary N) is 2. The zero-order valence-corrected chi connectivity index (χ0v) is 23.2. The number of amides is 2. The van der Waals surface area contributed by atoms with E-state index in [9.17, 15) is 9.59 Å². The summed E-state index contributed by atoms with van der Waals surface area (Å²) < 4.78 is 11.1. The maximum Gasteiger partial charge on any atom is 0.255 e. The van der Waals surface area contributed by atoms with E-state index in [4.69, 9.17) is 14.5 Å². The maximum absolute atomic E-state index is 13.2. The molecule has 0 saturated carbocycles. The van der Waals surface area contributed by atoms with Crippen molar-refractivity contribution in [2.24, 2.45) is 0 Å². The number of rotatable bonds is 8. The molecule has 0 bridgehead atoms. The summed E-state index contributed by atoms with van der Waals surface area (Å²) in [4.78, 5) is 33.4. The highest BCUT2D eigenvalue weighted by Gasteiger charge is 2.16. The van der Waals surface area contributed by atoms with Crippen molar-refractivity contribution in [3.8, 4) is 11.5 Å². The molecule has 2 amide bonds. The van der Waals surface area contributed by atoms with Crippen LogP contribution in [0.1, 0.15) is 51.2 Å². The molecule has 210 valence electrons. The third-order valence-corrected chi connectivity index (χ3v) is 7.66. The predicted molar refractivity (Wildman–Crippen MR) is 160 cm³/mol. The van der Waals surface area contributed by atoms with Gasteiger partial charge in [0.15, 0.2) is 11.5 Å². The average molecular weight is 551 g/mol. The lowest BCUT2D eigenvalue weighted by Crippen LogP contribution is -2.20. The monoisotopic (exact) mass is 550 g/mol. The molecule has 0 spiro atoms. The van der Waals surface area contributed by atoms with Gasteiger partial charge < -0.3 is 25.0 Å². The fraction of sp³-hybridized carbons (Fsp3) is 0.303. The third-order valence-electron chi connectivity index (χ3n) is 7.66. The van der Waals surface area contributed by atoms with E-state index in [1.54, 1.807) is 24.3 Å². The van der Waals surface area contributed by atoms with E-state index >= 15 is 0 Å². The van der Waals surface area contributed by atoms with Gasteiger partial charge in [-0.25, -0.2) is 0 Å². The Morgan fingerprint density at radius 2 is 1.59 bits per heavy atom. The molecule has 2 aliphatic rings. The molecule has 3 heterocycles. The van der Waals surface area contributed by atoms with Gasteiger partial charge in [-0.2, -0.15) is 0 Å². The number of hydrogen-bond acceptors (Lipinski definition) is 6. The number of likely N-dealkylation sites (tertiary alicyclic amines) is 1. The normalized spacial score (nSPS) is 14.7. The topological polar surface area (TPSA) is 92.8 Å². The number of ether oxygens (including phenoxy) is 2. The number of benzene rings is 3. The van der Waals surface area contributed by atoms with Gasteiger partial charge in [0, 0.05) is 33.6 Å². The molecule has 0 radical (unpaired) electrons. The lowest BCUT2D eigenvalue weighted by atomic mass is 10.1. The van der Waals surface area contributed by atoms with Crippen molar-refractivity contribution in [2.45, 2.75) is 32.6 Å². The first-order chi connectivity index (χ1) is 20.0. The lowest BCUT2D eigenvalue weighted by Gasteiger charge is -2.18. The van der Waals surface area contributed by atoms with Gasteiger partial charge in [0.25, 0.3) is 11.8 Å². The molecule has 41 heavy (non-hydrogen) atoms. The second-order valence-corrected chi connectivity index (χ2v) is 10.7. The van der Waals surface area contributed by atoms with Crippen molar-refractivity contribution in [3.05, 3.63) is 89.1 Å².